The number of nitrogens with zero attached hydrogens (tertiary/aromatic N) is 1. The SMILES string of the molecule is COc1ccc(-c2noc(C(F)F)c2-c2ccccc2S(N)(=O)=O)cc1. The highest BCUT2D eigenvalue weighted by molar-refractivity contribution is 7.89. The molecular formula is C17H14F2N2O4S. The minimum Gasteiger partial charge on any atom is -0.497 e. The van der Waals surface area contributed by atoms with Crippen molar-refractivity contribution in [3.63, 3.8) is 0 Å². The number of ether oxygens (including phenoxy) is 1. The van der Waals surface area contributed by atoms with E-state index in [1.807, 2.05) is 0 Å². The number of halogens is 2. The van der Waals surface area contributed by atoms with Crippen LogP contribution in [0.2, 0.25) is 0 Å². The minimum atomic E-state index is -4.15. The molecule has 2 aromatic carbocycles. The van der Waals surface area contributed by atoms with Crippen molar-refractivity contribution in [2.45, 2.75) is 11.3 Å². The van der Waals surface area contributed by atoms with Crippen molar-refractivity contribution >= 4 is 10.0 Å². The van der Waals surface area contributed by atoms with E-state index in [2.05, 4.69) is 5.16 Å². The van der Waals surface area contributed by atoms with E-state index in [0.29, 0.717) is 11.3 Å². The van der Waals surface area contributed by atoms with Gasteiger partial charge in [-0.1, -0.05) is 23.4 Å². The molecule has 136 valence electrons. The minimum absolute atomic E-state index is 0.00244. The molecule has 0 bridgehead atoms. The van der Waals surface area contributed by atoms with Crippen molar-refractivity contribution < 1.29 is 26.5 Å². The van der Waals surface area contributed by atoms with Crippen LogP contribution in [0.25, 0.3) is 22.4 Å². The summed E-state index contributed by atoms with van der Waals surface area (Å²) in [6, 6.07) is 12.1. The van der Waals surface area contributed by atoms with Crippen molar-refractivity contribution in [2.75, 3.05) is 7.11 Å². The van der Waals surface area contributed by atoms with Crippen LogP contribution < -0.4 is 9.88 Å². The molecule has 0 aliphatic heterocycles. The van der Waals surface area contributed by atoms with Gasteiger partial charge in [0.15, 0.2) is 0 Å². The topological polar surface area (TPSA) is 95.4 Å². The number of hydrogen-bond acceptors (Lipinski definition) is 5. The highest BCUT2D eigenvalue weighted by Crippen LogP contribution is 2.41. The third-order valence-electron chi connectivity index (χ3n) is 3.74. The second-order valence-corrected chi connectivity index (χ2v) is 6.87. The van der Waals surface area contributed by atoms with Crippen LogP contribution in [-0.4, -0.2) is 20.7 Å². The van der Waals surface area contributed by atoms with Gasteiger partial charge < -0.3 is 9.26 Å². The van der Waals surface area contributed by atoms with Gasteiger partial charge in [0.2, 0.25) is 15.8 Å². The molecule has 0 aliphatic carbocycles. The second kappa shape index (κ2) is 6.85. The first-order valence-electron chi connectivity index (χ1n) is 7.37. The highest BCUT2D eigenvalue weighted by Gasteiger charge is 2.29. The number of benzene rings is 2. The van der Waals surface area contributed by atoms with Crippen LogP contribution in [0.3, 0.4) is 0 Å². The number of rotatable bonds is 5. The summed E-state index contributed by atoms with van der Waals surface area (Å²) in [7, 11) is -2.65. The fourth-order valence-electron chi connectivity index (χ4n) is 2.58. The lowest BCUT2D eigenvalue weighted by Crippen LogP contribution is -2.13. The van der Waals surface area contributed by atoms with Crippen LogP contribution in [0.4, 0.5) is 8.78 Å². The Labute approximate surface area is 148 Å². The molecule has 3 rings (SSSR count). The molecule has 9 heteroatoms. The van der Waals surface area contributed by atoms with Crippen LogP contribution in [0.1, 0.15) is 12.2 Å². The zero-order chi connectivity index (χ0) is 18.9. The molecule has 0 spiro atoms. The van der Waals surface area contributed by atoms with E-state index in [-0.39, 0.29) is 21.7 Å². The molecule has 0 saturated heterocycles. The summed E-state index contributed by atoms with van der Waals surface area (Å²) >= 11 is 0. The summed E-state index contributed by atoms with van der Waals surface area (Å²) in [5, 5.41) is 8.96. The molecule has 0 unspecified atom stereocenters. The lowest BCUT2D eigenvalue weighted by atomic mass is 9.99. The predicted octanol–water partition coefficient (Wildman–Crippen LogP) is 3.60. The van der Waals surface area contributed by atoms with E-state index in [0.717, 1.165) is 0 Å². The average molecular weight is 380 g/mol. The van der Waals surface area contributed by atoms with Gasteiger partial charge in [-0.15, -0.1) is 0 Å². The Balaban J connectivity index is 2.29. The molecule has 0 aliphatic rings. The maximum atomic E-state index is 13.5. The van der Waals surface area contributed by atoms with Gasteiger partial charge >= 0.3 is 0 Å². The van der Waals surface area contributed by atoms with E-state index in [1.165, 1.54) is 31.4 Å². The first-order chi connectivity index (χ1) is 12.3. The van der Waals surface area contributed by atoms with Crippen molar-refractivity contribution in [3.8, 4) is 28.1 Å². The van der Waals surface area contributed by atoms with E-state index in [4.69, 9.17) is 14.4 Å². The molecule has 2 N–H and O–H groups in total. The Hall–Kier alpha value is -2.78. The monoisotopic (exact) mass is 380 g/mol. The van der Waals surface area contributed by atoms with Crippen LogP contribution >= 0.6 is 0 Å². The van der Waals surface area contributed by atoms with Crippen LogP contribution in [0.15, 0.2) is 57.9 Å². The van der Waals surface area contributed by atoms with E-state index >= 15 is 0 Å². The Morgan fingerprint density at radius 2 is 1.77 bits per heavy atom. The second-order valence-electron chi connectivity index (χ2n) is 5.34. The maximum absolute atomic E-state index is 13.5. The Morgan fingerprint density at radius 3 is 2.35 bits per heavy atom. The highest BCUT2D eigenvalue weighted by atomic mass is 32.2. The fraction of sp³-hybridized carbons (Fsp3) is 0.118. The molecule has 0 atom stereocenters. The van der Waals surface area contributed by atoms with Crippen molar-refractivity contribution in [1.82, 2.24) is 5.16 Å². The number of primary sulfonamides is 1. The lowest BCUT2D eigenvalue weighted by molar-refractivity contribution is 0.113. The summed E-state index contributed by atoms with van der Waals surface area (Å²) in [6.45, 7) is 0. The van der Waals surface area contributed by atoms with Gasteiger partial charge in [-0.2, -0.15) is 0 Å². The van der Waals surface area contributed by atoms with Crippen LogP contribution in [0, 0.1) is 0 Å². The molecule has 3 aromatic rings. The quantitative estimate of drug-likeness (QED) is 0.730. The molecule has 0 fully saturated rings. The zero-order valence-corrected chi connectivity index (χ0v) is 14.3. The van der Waals surface area contributed by atoms with Gasteiger partial charge in [0, 0.05) is 11.1 Å². The Morgan fingerprint density at radius 1 is 1.12 bits per heavy atom. The standard InChI is InChI=1S/C17H14F2N2O4S/c1-24-11-8-6-10(7-9-11)15-14(16(17(18)19)25-21-15)12-4-2-3-5-13(12)26(20,22)23/h2-9,17H,1H3,(H2,20,22,23). The fourth-order valence-corrected chi connectivity index (χ4v) is 3.32. The summed E-state index contributed by atoms with van der Waals surface area (Å²) < 4.78 is 60.6. The number of hydrogen-bond donors (Lipinski definition) is 1. The maximum Gasteiger partial charge on any atom is 0.298 e. The van der Waals surface area contributed by atoms with E-state index in [9.17, 15) is 17.2 Å². The van der Waals surface area contributed by atoms with Crippen molar-refractivity contribution in [2.24, 2.45) is 5.14 Å². The molecule has 1 heterocycles. The van der Waals surface area contributed by atoms with Crippen molar-refractivity contribution in [3.05, 3.63) is 54.3 Å². The van der Waals surface area contributed by atoms with Gasteiger partial charge in [-0.05, 0) is 30.3 Å². The molecule has 0 saturated carbocycles. The van der Waals surface area contributed by atoms with Gasteiger partial charge in [-0.3, -0.25) is 0 Å². The van der Waals surface area contributed by atoms with Gasteiger partial charge in [0.05, 0.1) is 17.6 Å². The molecule has 0 amide bonds. The number of nitrogens with two attached hydrogens (primary N) is 1. The predicted molar refractivity (Wildman–Crippen MR) is 90.3 cm³/mol. The van der Waals surface area contributed by atoms with E-state index < -0.39 is 22.2 Å². The Kier molecular flexibility index (Phi) is 4.75. The van der Waals surface area contributed by atoms with Gasteiger partial charge in [0.1, 0.15) is 11.4 Å². The molecule has 6 nitrogen and oxygen atoms in total. The van der Waals surface area contributed by atoms with Crippen LogP contribution in [-0.2, 0) is 10.0 Å². The number of methoxy groups -OCH3 is 1. The summed E-state index contributed by atoms with van der Waals surface area (Å²) in [5.41, 5.74) is 0.423. The lowest BCUT2D eigenvalue weighted by Gasteiger charge is -2.09. The normalized spacial score (nSPS) is 11.7. The molecule has 0 radical (unpaired) electrons. The van der Waals surface area contributed by atoms with Crippen LogP contribution in [0.5, 0.6) is 5.75 Å². The molecular weight excluding hydrogens is 366 g/mol. The first-order valence-corrected chi connectivity index (χ1v) is 8.92. The zero-order valence-electron chi connectivity index (χ0n) is 13.5. The molecule has 26 heavy (non-hydrogen) atoms. The summed E-state index contributed by atoms with van der Waals surface area (Å²) in [4.78, 5) is -0.292. The number of aromatic nitrogens is 1. The van der Waals surface area contributed by atoms with Gasteiger partial charge in [-0.25, -0.2) is 22.3 Å². The number of alkyl halides is 2. The molecule has 1 aromatic heterocycles. The van der Waals surface area contributed by atoms with Gasteiger partial charge in [0.25, 0.3) is 6.43 Å². The summed E-state index contributed by atoms with van der Waals surface area (Å²) in [5.74, 6) is -0.162. The third kappa shape index (κ3) is 3.31. The third-order valence-corrected chi connectivity index (χ3v) is 4.71. The average Bonchev–Trinajstić information content (AvgIpc) is 3.06. The van der Waals surface area contributed by atoms with Crippen molar-refractivity contribution in [1.29, 1.82) is 0 Å². The largest absolute Gasteiger partial charge is 0.497 e. The number of sulfonamides is 1. The summed E-state index contributed by atoms with van der Waals surface area (Å²) in [6.07, 6.45) is -2.99. The first kappa shape index (κ1) is 18.0. The Bertz CT molecular complexity index is 1030. The smallest absolute Gasteiger partial charge is 0.298 e. The van der Waals surface area contributed by atoms with E-state index in [1.54, 1.807) is 24.3 Å².